The van der Waals surface area contributed by atoms with E-state index in [9.17, 15) is 0 Å². The Morgan fingerprint density at radius 2 is 2.29 bits per heavy atom. The first-order chi connectivity index (χ1) is 3.27. The van der Waals surface area contributed by atoms with Crippen LogP contribution in [0.5, 0.6) is 0 Å². The van der Waals surface area contributed by atoms with E-state index in [0.717, 1.165) is 0 Å². The number of hydrogen-bond acceptors (Lipinski definition) is 1. The van der Waals surface area contributed by atoms with E-state index in [0.29, 0.717) is 12.5 Å². The maximum absolute atomic E-state index is 4.80. The van der Waals surface area contributed by atoms with Crippen LogP contribution in [-0.2, 0) is 4.74 Å². The fourth-order valence-electron chi connectivity index (χ4n) is 0.215. The second-order valence-corrected chi connectivity index (χ2v) is 1.82. The molecule has 0 fully saturated rings. The summed E-state index contributed by atoms with van der Waals surface area (Å²) in [6.45, 7) is 4.77. The summed E-state index contributed by atoms with van der Waals surface area (Å²) < 4.78 is 4.62. The molecule has 0 unspecified atom stereocenters. The Labute approximate surface area is 44.7 Å². The van der Waals surface area contributed by atoms with Crippen molar-refractivity contribution in [2.24, 2.45) is 5.92 Å². The van der Waals surface area contributed by atoms with Gasteiger partial charge in [-0.1, -0.05) is 20.3 Å². The molecular weight excluding hydrogens is 88.1 g/mol. The van der Waals surface area contributed by atoms with Gasteiger partial charge in [0.05, 0.1) is 0 Å². The molecule has 0 bridgehead atoms. The molecule has 0 rings (SSSR count). The number of rotatable bonds is 2. The van der Waals surface area contributed by atoms with Crippen molar-refractivity contribution in [1.29, 1.82) is 0 Å². The van der Waals surface area contributed by atoms with Crippen molar-refractivity contribution < 1.29 is 4.74 Å². The molecule has 0 aromatic rings. The first kappa shape index (κ1) is 6.36. The molecule has 0 amide bonds. The lowest BCUT2D eigenvalue weighted by molar-refractivity contribution is 0.236. The molecule has 0 heterocycles. The Balaban J connectivity index is 2.86. The highest BCUT2D eigenvalue weighted by Crippen LogP contribution is 1.89. The van der Waals surface area contributed by atoms with Crippen molar-refractivity contribution in [3.63, 3.8) is 0 Å². The molecule has 0 N–H and O–H groups in total. The monoisotopic (exact) mass is 98.1 g/mol. The zero-order valence-corrected chi connectivity index (χ0v) is 4.77. The fraction of sp³-hybridized carbons (Fsp3) is 0.667. The molecule has 0 radical (unpaired) electrons. The average Bonchev–Trinajstić information content (AvgIpc) is 1.61. The minimum atomic E-state index is 0.538. The molecule has 0 aliphatic rings. The van der Waals surface area contributed by atoms with Crippen LogP contribution in [0.3, 0.4) is 0 Å². The summed E-state index contributed by atoms with van der Waals surface area (Å²) in [4.78, 5) is 0. The number of terminal acetylenes is 1. The lowest BCUT2D eigenvalue weighted by Crippen LogP contribution is -1.95. The maximum Gasteiger partial charge on any atom is 0.106 e. The summed E-state index contributed by atoms with van der Waals surface area (Å²) in [6.07, 6.45) is 6.90. The largest absolute Gasteiger partial charge is 0.447 e. The van der Waals surface area contributed by atoms with E-state index in [1.165, 1.54) is 0 Å². The van der Waals surface area contributed by atoms with Crippen molar-refractivity contribution in [1.82, 2.24) is 0 Å². The van der Waals surface area contributed by atoms with Crippen LogP contribution in [0.1, 0.15) is 13.8 Å². The zero-order chi connectivity index (χ0) is 5.70. The standard InChI is InChI=1S/C6H10O/c1-4-7-5-6(2)3/h1,6H,5H2,2-3H3. The topological polar surface area (TPSA) is 9.23 Å². The Morgan fingerprint density at radius 3 is 2.43 bits per heavy atom. The van der Waals surface area contributed by atoms with Crippen LogP contribution < -0.4 is 0 Å². The predicted octanol–water partition coefficient (Wildman–Crippen LogP) is 1.25. The van der Waals surface area contributed by atoms with Crippen LogP contribution in [0, 0.1) is 18.4 Å². The van der Waals surface area contributed by atoms with E-state index >= 15 is 0 Å². The molecule has 0 spiro atoms. The van der Waals surface area contributed by atoms with Gasteiger partial charge in [-0.15, -0.1) is 0 Å². The highest BCUT2D eigenvalue weighted by atomic mass is 16.5. The summed E-state index contributed by atoms with van der Waals surface area (Å²) in [5, 5.41) is 0. The summed E-state index contributed by atoms with van der Waals surface area (Å²) in [7, 11) is 0. The molecule has 0 saturated heterocycles. The van der Waals surface area contributed by atoms with Gasteiger partial charge in [-0.2, -0.15) is 0 Å². The smallest absolute Gasteiger partial charge is 0.106 e. The Bertz CT molecular complexity index is 68.7. The number of hydrogen-bond donors (Lipinski definition) is 0. The minimum absolute atomic E-state index is 0.538. The van der Waals surface area contributed by atoms with Crippen LogP contribution in [0.25, 0.3) is 0 Å². The van der Waals surface area contributed by atoms with Gasteiger partial charge < -0.3 is 4.74 Å². The third-order valence-electron chi connectivity index (χ3n) is 0.500. The van der Waals surface area contributed by atoms with Gasteiger partial charge in [-0.25, -0.2) is 0 Å². The quantitative estimate of drug-likeness (QED) is 0.472. The van der Waals surface area contributed by atoms with Gasteiger partial charge in [0, 0.05) is 0 Å². The molecule has 0 atom stereocenters. The summed E-state index contributed by atoms with van der Waals surface area (Å²) in [6, 6.07) is 0. The lowest BCUT2D eigenvalue weighted by Gasteiger charge is -1.98. The third-order valence-corrected chi connectivity index (χ3v) is 0.500. The average molecular weight is 98.1 g/mol. The first-order valence-corrected chi connectivity index (χ1v) is 2.34. The van der Waals surface area contributed by atoms with Crippen LogP contribution in [0.15, 0.2) is 0 Å². The van der Waals surface area contributed by atoms with Crippen LogP contribution >= 0.6 is 0 Å². The van der Waals surface area contributed by atoms with E-state index in [1.54, 1.807) is 0 Å². The van der Waals surface area contributed by atoms with Gasteiger partial charge >= 0.3 is 0 Å². The molecule has 1 nitrogen and oxygen atoms in total. The molecule has 0 aliphatic carbocycles. The highest BCUT2D eigenvalue weighted by molar-refractivity contribution is 4.68. The second kappa shape index (κ2) is 3.55. The molecule has 0 aromatic heterocycles. The van der Waals surface area contributed by atoms with Crippen molar-refractivity contribution in [3.8, 4) is 12.5 Å². The van der Waals surface area contributed by atoms with Gasteiger partial charge in [0.2, 0.25) is 0 Å². The Hall–Kier alpha value is -0.640. The van der Waals surface area contributed by atoms with Gasteiger partial charge in [0.1, 0.15) is 12.7 Å². The SMILES string of the molecule is C#COCC(C)C. The van der Waals surface area contributed by atoms with E-state index in [2.05, 4.69) is 24.7 Å². The van der Waals surface area contributed by atoms with Crippen molar-refractivity contribution in [3.05, 3.63) is 0 Å². The van der Waals surface area contributed by atoms with Crippen molar-refractivity contribution in [2.45, 2.75) is 13.8 Å². The highest BCUT2D eigenvalue weighted by Gasteiger charge is 1.87. The molecule has 0 aliphatic heterocycles. The molecule has 0 aromatic carbocycles. The van der Waals surface area contributed by atoms with Crippen molar-refractivity contribution in [2.75, 3.05) is 6.61 Å². The van der Waals surface area contributed by atoms with E-state index < -0.39 is 0 Å². The normalized spacial score (nSPS) is 8.29. The zero-order valence-electron chi connectivity index (χ0n) is 4.77. The van der Waals surface area contributed by atoms with Crippen molar-refractivity contribution >= 4 is 0 Å². The number of ether oxygens (including phenoxy) is 1. The predicted molar refractivity (Wildman–Crippen MR) is 29.6 cm³/mol. The van der Waals surface area contributed by atoms with Gasteiger partial charge in [-0.3, -0.25) is 0 Å². The van der Waals surface area contributed by atoms with E-state index in [4.69, 9.17) is 6.42 Å². The van der Waals surface area contributed by atoms with E-state index in [1.807, 2.05) is 0 Å². The fourth-order valence-corrected chi connectivity index (χ4v) is 0.215. The van der Waals surface area contributed by atoms with Crippen LogP contribution in [0.2, 0.25) is 0 Å². The summed E-state index contributed by atoms with van der Waals surface area (Å²) in [5.74, 6) is 0.538. The molecule has 0 saturated carbocycles. The minimum Gasteiger partial charge on any atom is -0.447 e. The first-order valence-electron chi connectivity index (χ1n) is 2.34. The maximum atomic E-state index is 4.80. The molecular formula is C6H10O. The van der Waals surface area contributed by atoms with Gasteiger partial charge in [0.25, 0.3) is 0 Å². The van der Waals surface area contributed by atoms with Crippen LogP contribution in [0.4, 0.5) is 0 Å². The molecule has 1 heteroatoms. The van der Waals surface area contributed by atoms with Gasteiger partial charge in [0.15, 0.2) is 0 Å². The second-order valence-electron chi connectivity index (χ2n) is 1.82. The molecule has 40 valence electrons. The molecule has 7 heavy (non-hydrogen) atoms. The van der Waals surface area contributed by atoms with Crippen LogP contribution in [-0.4, -0.2) is 6.61 Å². The lowest BCUT2D eigenvalue weighted by atomic mass is 10.2. The third kappa shape index (κ3) is 5.36. The Kier molecular flexibility index (Phi) is 3.22. The Morgan fingerprint density at radius 1 is 1.71 bits per heavy atom. The van der Waals surface area contributed by atoms with Gasteiger partial charge in [-0.05, 0) is 5.92 Å². The summed E-state index contributed by atoms with van der Waals surface area (Å²) >= 11 is 0. The van der Waals surface area contributed by atoms with E-state index in [-0.39, 0.29) is 0 Å². The summed E-state index contributed by atoms with van der Waals surface area (Å²) in [5.41, 5.74) is 0.